The highest BCUT2D eigenvalue weighted by molar-refractivity contribution is 5.93. The molecular formula is C19H16N6O3. The summed E-state index contributed by atoms with van der Waals surface area (Å²) in [6, 6.07) is 10.8. The first kappa shape index (κ1) is 17.4. The number of hydrogen-bond acceptors (Lipinski definition) is 6. The molecule has 0 unspecified atom stereocenters. The molecule has 0 atom stereocenters. The number of hydrogen-bond donors (Lipinski definition) is 1. The summed E-state index contributed by atoms with van der Waals surface area (Å²) in [7, 11) is 0. The van der Waals surface area contributed by atoms with E-state index in [1.54, 1.807) is 23.6 Å². The second-order valence-electron chi connectivity index (χ2n) is 5.84. The fourth-order valence-corrected chi connectivity index (χ4v) is 2.61. The molecule has 0 fully saturated rings. The molecule has 0 aliphatic heterocycles. The number of carbonyl (C=O) groups is 2. The van der Waals surface area contributed by atoms with Gasteiger partial charge in [0.1, 0.15) is 5.82 Å². The highest BCUT2D eigenvalue weighted by Crippen LogP contribution is 2.18. The van der Waals surface area contributed by atoms with Gasteiger partial charge in [-0.15, -0.1) is 0 Å². The lowest BCUT2D eigenvalue weighted by molar-refractivity contribution is 0.0526. The van der Waals surface area contributed by atoms with E-state index < -0.39 is 12.0 Å². The number of benzene rings is 1. The topological polar surface area (TPSA) is 103 Å². The number of nitrogens with zero attached hydrogens (tertiary/aromatic N) is 5. The third-order valence-corrected chi connectivity index (χ3v) is 3.93. The quantitative estimate of drug-likeness (QED) is 0.549. The summed E-state index contributed by atoms with van der Waals surface area (Å²) in [5.41, 5.74) is 1.95. The first-order valence-electron chi connectivity index (χ1n) is 8.58. The minimum atomic E-state index is -0.553. The van der Waals surface area contributed by atoms with E-state index in [4.69, 9.17) is 4.74 Å². The number of amides is 1. The number of fused-ring (bicyclic) bond motifs is 1. The standard InChI is InChI=1S/C19H16N6O3/c1-2-28-17(26)14-10-20-25(11-14)19(27)23-16-8-9-24-12-15(21-18(24)22-16)13-6-4-3-5-7-13/h3-12H,2H2,1H3,(H,21,22,23,27). The van der Waals surface area contributed by atoms with Crippen molar-refractivity contribution in [1.82, 2.24) is 24.1 Å². The van der Waals surface area contributed by atoms with Gasteiger partial charge in [0.2, 0.25) is 5.78 Å². The maximum absolute atomic E-state index is 12.3. The van der Waals surface area contributed by atoms with Crippen LogP contribution in [0.25, 0.3) is 17.0 Å². The molecule has 1 N–H and O–H groups in total. The second-order valence-corrected chi connectivity index (χ2v) is 5.84. The van der Waals surface area contributed by atoms with Crippen LogP contribution in [0.3, 0.4) is 0 Å². The Morgan fingerprint density at radius 2 is 1.93 bits per heavy atom. The van der Waals surface area contributed by atoms with E-state index in [0.717, 1.165) is 15.9 Å². The van der Waals surface area contributed by atoms with Gasteiger partial charge in [0.15, 0.2) is 0 Å². The lowest BCUT2D eigenvalue weighted by Gasteiger charge is -2.03. The van der Waals surface area contributed by atoms with Crippen LogP contribution in [-0.2, 0) is 4.74 Å². The van der Waals surface area contributed by atoms with Crippen LogP contribution in [0.4, 0.5) is 10.6 Å². The Hall–Kier alpha value is -4.01. The highest BCUT2D eigenvalue weighted by atomic mass is 16.5. The third kappa shape index (κ3) is 3.45. The normalized spacial score (nSPS) is 10.8. The van der Waals surface area contributed by atoms with Crippen LogP contribution in [-0.4, -0.2) is 42.8 Å². The number of nitrogens with one attached hydrogen (secondary N) is 1. The van der Waals surface area contributed by atoms with Crippen molar-refractivity contribution in [2.75, 3.05) is 11.9 Å². The summed E-state index contributed by atoms with van der Waals surface area (Å²) in [6.07, 6.45) is 6.19. The van der Waals surface area contributed by atoms with Gasteiger partial charge in [0.25, 0.3) is 0 Å². The Bertz CT molecular complexity index is 1150. The molecule has 0 aliphatic rings. The van der Waals surface area contributed by atoms with Gasteiger partial charge < -0.3 is 4.74 Å². The summed E-state index contributed by atoms with van der Waals surface area (Å²) >= 11 is 0. The third-order valence-electron chi connectivity index (χ3n) is 3.93. The Balaban J connectivity index is 1.53. The molecule has 0 spiro atoms. The van der Waals surface area contributed by atoms with Gasteiger partial charge >= 0.3 is 12.0 Å². The second kappa shape index (κ2) is 7.31. The van der Waals surface area contributed by atoms with Gasteiger partial charge in [-0.1, -0.05) is 30.3 Å². The number of anilines is 1. The predicted octanol–water partition coefficient (Wildman–Crippen LogP) is 2.85. The van der Waals surface area contributed by atoms with Crippen molar-refractivity contribution in [2.24, 2.45) is 0 Å². The zero-order valence-electron chi connectivity index (χ0n) is 14.9. The van der Waals surface area contributed by atoms with Crippen LogP contribution in [0.1, 0.15) is 17.3 Å². The molecule has 0 radical (unpaired) electrons. The molecule has 9 nitrogen and oxygen atoms in total. The van der Waals surface area contributed by atoms with Gasteiger partial charge in [-0.05, 0) is 13.0 Å². The zero-order valence-corrected chi connectivity index (χ0v) is 14.9. The molecule has 3 aromatic heterocycles. The first-order chi connectivity index (χ1) is 13.6. The van der Waals surface area contributed by atoms with Crippen molar-refractivity contribution < 1.29 is 14.3 Å². The number of ether oxygens (including phenoxy) is 1. The van der Waals surface area contributed by atoms with E-state index in [2.05, 4.69) is 20.4 Å². The van der Waals surface area contributed by atoms with Gasteiger partial charge in [0, 0.05) is 18.0 Å². The Morgan fingerprint density at radius 1 is 1.11 bits per heavy atom. The number of esters is 1. The van der Waals surface area contributed by atoms with Gasteiger partial charge in [-0.3, -0.25) is 9.72 Å². The molecule has 28 heavy (non-hydrogen) atoms. The van der Waals surface area contributed by atoms with Gasteiger partial charge in [-0.2, -0.15) is 14.8 Å². The number of imidazole rings is 1. The average Bonchev–Trinajstić information content (AvgIpc) is 3.36. The maximum Gasteiger partial charge on any atom is 0.347 e. The monoisotopic (exact) mass is 376 g/mol. The summed E-state index contributed by atoms with van der Waals surface area (Å²) < 4.78 is 7.66. The summed E-state index contributed by atoms with van der Waals surface area (Å²) in [5.74, 6) is 0.229. The predicted molar refractivity (Wildman–Crippen MR) is 101 cm³/mol. The summed E-state index contributed by atoms with van der Waals surface area (Å²) in [6.45, 7) is 1.95. The fraction of sp³-hybridized carbons (Fsp3) is 0.105. The average molecular weight is 376 g/mol. The molecule has 1 aromatic carbocycles. The lowest BCUT2D eigenvalue weighted by Crippen LogP contribution is -2.20. The van der Waals surface area contributed by atoms with Crippen molar-refractivity contribution in [3.63, 3.8) is 0 Å². The molecule has 140 valence electrons. The Kier molecular flexibility index (Phi) is 4.55. The summed E-state index contributed by atoms with van der Waals surface area (Å²) in [4.78, 5) is 32.8. The van der Waals surface area contributed by atoms with Gasteiger partial charge in [0.05, 0.1) is 30.3 Å². The Morgan fingerprint density at radius 3 is 2.71 bits per heavy atom. The molecule has 1 amide bonds. The molecule has 4 aromatic rings. The minimum absolute atomic E-state index is 0.196. The molecule has 0 bridgehead atoms. The number of rotatable bonds is 4. The molecule has 9 heteroatoms. The van der Waals surface area contributed by atoms with E-state index in [1.807, 2.05) is 36.5 Å². The Labute approximate surface area is 159 Å². The van der Waals surface area contributed by atoms with Crippen LogP contribution in [0.5, 0.6) is 0 Å². The maximum atomic E-state index is 12.3. The van der Waals surface area contributed by atoms with Crippen LogP contribution in [0.15, 0.2) is 61.2 Å². The first-order valence-corrected chi connectivity index (χ1v) is 8.58. The molecule has 4 rings (SSSR count). The fourth-order valence-electron chi connectivity index (χ4n) is 2.61. The molecule has 0 saturated carbocycles. The van der Waals surface area contributed by atoms with E-state index in [1.165, 1.54) is 12.4 Å². The zero-order chi connectivity index (χ0) is 19.5. The van der Waals surface area contributed by atoms with E-state index in [9.17, 15) is 9.59 Å². The van der Waals surface area contributed by atoms with Gasteiger partial charge in [-0.25, -0.2) is 14.6 Å². The van der Waals surface area contributed by atoms with Crippen LogP contribution < -0.4 is 5.32 Å². The van der Waals surface area contributed by atoms with E-state index in [-0.39, 0.29) is 12.2 Å². The molecule has 0 aliphatic carbocycles. The highest BCUT2D eigenvalue weighted by Gasteiger charge is 2.14. The van der Waals surface area contributed by atoms with Crippen LogP contribution in [0.2, 0.25) is 0 Å². The summed E-state index contributed by atoms with van der Waals surface area (Å²) in [5, 5.41) is 6.51. The van der Waals surface area contributed by atoms with E-state index in [0.29, 0.717) is 11.6 Å². The van der Waals surface area contributed by atoms with Crippen LogP contribution >= 0.6 is 0 Å². The number of carbonyl (C=O) groups excluding carboxylic acids is 2. The SMILES string of the molecule is CCOC(=O)c1cnn(C(=O)Nc2ccn3cc(-c4ccccc4)nc3n2)c1. The molecular weight excluding hydrogens is 360 g/mol. The minimum Gasteiger partial charge on any atom is -0.462 e. The van der Waals surface area contributed by atoms with E-state index >= 15 is 0 Å². The van der Waals surface area contributed by atoms with Crippen molar-refractivity contribution >= 4 is 23.6 Å². The van der Waals surface area contributed by atoms with Crippen molar-refractivity contribution in [3.8, 4) is 11.3 Å². The molecule has 3 heterocycles. The smallest absolute Gasteiger partial charge is 0.347 e. The van der Waals surface area contributed by atoms with Crippen molar-refractivity contribution in [2.45, 2.75) is 6.92 Å². The molecule has 0 saturated heterocycles. The lowest BCUT2D eigenvalue weighted by atomic mass is 10.2. The van der Waals surface area contributed by atoms with Crippen LogP contribution in [0, 0.1) is 0 Å². The van der Waals surface area contributed by atoms with Crippen molar-refractivity contribution in [3.05, 3.63) is 66.7 Å². The largest absolute Gasteiger partial charge is 0.462 e. The number of aromatic nitrogens is 5. The van der Waals surface area contributed by atoms with Crippen molar-refractivity contribution in [1.29, 1.82) is 0 Å².